The Kier molecular flexibility index (Phi) is 3.56. The van der Waals surface area contributed by atoms with E-state index in [0.717, 1.165) is 30.0 Å². The fourth-order valence-electron chi connectivity index (χ4n) is 1.66. The van der Waals surface area contributed by atoms with Gasteiger partial charge >= 0.3 is 0 Å². The highest BCUT2D eigenvalue weighted by molar-refractivity contribution is 9.11. The van der Waals surface area contributed by atoms with Gasteiger partial charge in [-0.2, -0.15) is 0 Å². The molecule has 6 heteroatoms. The molecular weight excluding hydrogens is 395 g/mol. The van der Waals surface area contributed by atoms with Gasteiger partial charge in [-0.25, -0.2) is 9.37 Å². The van der Waals surface area contributed by atoms with Crippen molar-refractivity contribution in [2.75, 3.05) is 5.32 Å². The van der Waals surface area contributed by atoms with Crippen LogP contribution in [-0.2, 0) is 0 Å². The Morgan fingerprint density at radius 3 is 2.79 bits per heavy atom. The van der Waals surface area contributed by atoms with Crippen LogP contribution in [0.4, 0.5) is 15.2 Å². The molecule has 2 nitrogen and oxygen atoms in total. The molecule has 0 radical (unpaired) electrons. The number of benzene rings is 2. The molecule has 1 aromatic heterocycles. The van der Waals surface area contributed by atoms with Crippen molar-refractivity contribution in [3.63, 3.8) is 0 Å². The molecule has 0 saturated carbocycles. The third-order valence-corrected chi connectivity index (χ3v) is 4.64. The average Bonchev–Trinajstić information content (AvgIpc) is 2.75. The largest absolute Gasteiger partial charge is 0.331 e. The first-order valence-electron chi connectivity index (χ1n) is 5.40. The van der Waals surface area contributed by atoms with Crippen molar-refractivity contribution >= 4 is 64.2 Å². The number of fused-ring (bicyclic) bond motifs is 1. The first-order chi connectivity index (χ1) is 9.11. The Balaban J connectivity index is 1.98. The third kappa shape index (κ3) is 2.80. The maximum absolute atomic E-state index is 13.1. The van der Waals surface area contributed by atoms with Gasteiger partial charge in [0.1, 0.15) is 5.82 Å². The first-order valence-corrected chi connectivity index (χ1v) is 7.80. The number of rotatable bonds is 2. The van der Waals surface area contributed by atoms with E-state index in [0.29, 0.717) is 0 Å². The maximum Gasteiger partial charge on any atom is 0.188 e. The zero-order chi connectivity index (χ0) is 13.4. The molecule has 3 aromatic rings. The van der Waals surface area contributed by atoms with E-state index in [1.54, 1.807) is 6.07 Å². The van der Waals surface area contributed by atoms with Gasteiger partial charge in [0.15, 0.2) is 5.13 Å². The Morgan fingerprint density at radius 1 is 1.11 bits per heavy atom. The minimum absolute atomic E-state index is 0.244. The minimum atomic E-state index is -0.244. The van der Waals surface area contributed by atoms with Gasteiger partial charge in [-0.05, 0) is 52.3 Å². The van der Waals surface area contributed by atoms with Crippen LogP contribution in [0.3, 0.4) is 0 Å². The molecule has 0 unspecified atom stereocenters. The molecule has 0 saturated heterocycles. The number of halogens is 3. The van der Waals surface area contributed by atoms with Crippen molar-refractivity contribution < 1.29 is 4.39 Å². The Labute approximate surface area is 129 Å². The predicted octanol–water partition coefficient (Wildman–Crippen LogP) is 5.70. The first kappa shape index (κ1) is 13.0. The average molecular weight is 402 g/mol. The number of nitrogens with one attached hydrogen (secondary N) is 1. The van der Waals surface area contributed by atoms with Crippen LogP contribution in [0.25, 0.3) is 10.2 Å². The molecule has 0 fully saturated rings. The Bertz CT molecular complexity index is 757. The quantitative estimate of drug-likeness (QED) is 0.595. The SMILES string of the molecule is Fc1ccc2nc(Nc3cc(Br)ccc3Br)sc2c1. The maximum atomic E-state index is 13.1. The monoisotopic (exact) mass is 400 g/mol. The number of nitrogens with zero attached hydrogens (tertiary/aromatic N) is 1. The summed E-state index contributed by atoms with van der Waals surface area (Å²) in [6, 6.07) is 10.4. The lowest BCUT2D eigenvalue weighted by atomic mass is 10.3. The lowest BCUT2D eigenvalue weighted by Gasteiger charge is -2.05. The van der Waals surface area contributed by atoms with Gasteiger partial charge in [-0.1, -0.05) is 27.3 Å². The van der Waals surface area contributed by atoms with Gasteiger partial charge in [0.25, 0.3) is 0 Å². The molecule has 0 spiro atoms. The van der Waals surface area contributed by atoms with Gasteiger partial charge in [-0.15, -0.1) is 0 Å². The molecule has 0 aliphatic rings. The lowest BCUT2D eigenvalue weighted by Crippen LogP contribution is -1.90. The molecule has 2 aromatic carbocycles. The third-order valence-electron chi connectivity index (χ3n) is 2.52. The molecule has 3 rings (SSSR count). The summed E-state index contributed by atoms with van der Waals surface area (Å²) in [5, 5.41) is 3.97. The number of hydrogen-bond acceptors (Lipinski definition) is 3. The smallest absolute Gasteiger partial charge is 0.188 e. The van der Waals surface area contributed by atoms with Crippen LogP contribution in [0.1, 0.15) is 0 Å². The Hall–Kier alpha value is -0.980. The van der Waals surface area contributed by atoms with Crippen molar-refractivity contribution in [3.8, 4) is 0 Å². The van der Waals surface area contributed by atoms with Crippen LogP contribution < -0.4 is 5.32 Å². The summed E-state index contributed by atoms with van der Waals surface area (Å²) < 4.78 is 15.9. The molecule has 0 atom stereocenters. The van der Waals surface area contributed by atoms with Gasteiger partial charge in [-0.3, -0.25) is 0 Å². The standard InChI is InChI=1S/C13H7Br2FN2S/c14-7-1-3-9(15)11(5-7)18-13-17-10-4-2-8(16)6-12(10)19-13/h1-6H,(H,17,18). The summed E-state index contributed by atoms with van der Waals surface area (Å²) in [6.45, 7) is 0. The molecule has 1 heterocycles. The molecule has 19 heavy (non-hydrogen) atoms. The highest BCUT2D eigenvalue weighted by Gasteiger charge is 2.07. The highest BCUT2D eigenvalue weighted by Crippen LogP contribution is 2.33. The van der Waals surface area contributed by atoms with E-state index in [2.05, 4.69) is 42.2 Å². The van der Waals surface area contributed by atoms with E-state index in [1.807, 2.05) is 18.2 Å². The second-order valence-electron chi connectivity index (χ2n) is 3.88. The van der Waals surface area contributed by atoms with Crippen molar-refractivity contribution in [3.05, 3.63) is 51.2 Å². The summed E-state index contributed by atoms with van der Waals surface area (Å²) in [6.07, 6.45) is 0. The lowest BCUT2D eigenvalue weighted by molar-refractivity contribution is 0.630. The molecular formula is C13H7Br2FN2S. The van der Waals surface area contributed by atoms with E-state index < -0.39 is 0 Å². The molecule has 0 aliphatic carbocycles. The number of hydrogen-bond donors (Lipinski definition) is 1. The van der Waals surface area contributed by atoms with Crippen molar-refractivity contribution in [1.29, 1.82) is 0 Å². The van der Waals surface area contributed by atoms with Gasteiger partial charge in [0, 0.05) is 8.95 Å². The zero-order valence-electron chi connectivity index (χ0n) is 9.45. The normalized spacial score (nSPS) is 10.9. The molecule has 96 valence electrons. The zero-order valence-corrected chi connectivity index (χ0v) is 13.4. The van der Waals surface area contributed by atoms with Gasteiger partial charge < -0.3 is 5.32 Å². The van der Waals surface area contributed by atoms with Crippen molar-refractivity contribution in [1.82, 2.24) is 4.98 Å². The van der Waals surface area contributed by atoms with Crippen LogP contribution in [0.2, 0.25) is 0 Å². The number of aromatic nitrogens is 1. The minimum Gasteiger partial charge on any atom is -0.331 e. The van der Waals surface area contributed by atoms with Crippen molar-refractivity contribution in [2.24, 2.45) is 0 Å². The number of thiazole rings is 1. The van der Waals surface area contributed by atoms with E-state index in [9.17, 15) is 4.39 Å². The van der Waals surface area contributed by atoms with Crippen LogP contribution in [-0.4, -0.2) is 4.98 Å². The predicted molar refractivity (Wildman–Crippen MR) is 84.7 cm³/mol. The fraction of sp³-hybridized carbons (Fsp3) is 0. The summed E-state index contributed by atoms with van der Waals surface area (Å²) in [7, 11) is 0. The van der Waals surface area contributed by atoms with E-state index >= 15 is 0 Å². The second-order valence-corrected chi connectivity index (χ2v) is 6.68. The molecule has 0 bridgehead atoms. The van der Waals surface area contributed by atoms with Crippen LogP contribution in [0, 0.1) is 5.82 Å². The second kappa shape index (κ2) is 5.19. The highest BCUT2D eigenvalue weighted by atomic mass is 79.9. The van der Waals surface area contributed by atoms with Crippen LogP contribution in [0.15, 0.2) is 45.3 Å². The summed E-state index contributed by atoms with van der Waals surface area (Å²) in [5.41, 5.74) is 1.70. The van der Waals surface area contributed by atoms with Crippen LogP contribution >= 0.6 is 43.2 Å². The van der Waals surface area contributed by atoms with Crippen LogP contribution in [0.5, 0.6) is 0 Å². The van der Waals surface area contributed by atoms with Gasteiger partial charge in [0.2, 0.25) is 0 Å². The van der Waals surface area contributed by atoms with Crippen molar-refractivity contribution in [2.45, 2.75) is 0 Å². The van der Waals surface area contributed by atoms with E-state index in [1.165, 1.54) is 23.5 Å². The Morgan fingerprint density at radius 2 is 1.95 bits per heavy atom. The van der Waals surface area contributed by atoms with Gasteiger partial charge in [0.05, 0.1) is 15.9 Å². The van der Waals surface area contributed by atoms with E-state index in [-0.39, 0.29) is 5.82 Å². The summed E-state index contributed by atoms with van der Waals surface area (Å²) in [4.78, 5) is 4.42. The molecule has 1 N–H and O–H groups in total. The number of anilines is 2. The summed E-state index contributed by atoms with van der Waals surface area (Å²) >= 11 is 8.33. The summed E-state index contributed by atoms with van der Waals surface area (Å²) in [5.74, 6) is -0.244. The fourth-order valence-corrected chi connectivity index (χ4v) is 3.27. The topological polar surface area (TPSA) is 24.9 Å². The molecule has 0 amide bonds. The van der Waals surface area contributed by atoms with E-state index in [4.69, 9.17) is 0 Å². The molecule has 0 aliphatic heterocycles.